The van der Waals surface area contributed by atoms with Crippen LogP contribution in [0.15, 0.2) is 206 Å². The van der Waals surface area contributed by atoms with Gasteiger partial charge in [0.25, 0.3) is 0 Å². The molecule has 8 aromatic carbocycles. The van der Waals surface area contributed by atoms with Gasteiger partial charge >= 0.3 is 0 Å². The Bertz CT molecular complexity index is 3100. The summed E-state index contributed by atoms with van der Waals surface area (Å²) < 4.78 is 4.80. The highest BCUT2D eigenvalue weighted by Gasteiger charge is 2.23. The molecule has 262 valence electrons. The second-order valence-electron chi connectivity index (χ2n) is 14.2. The summed E-state index contributed by atoms with van der Waals surface area (Å²) in [6, 6.07) is 73.3. The van der Waals surface area contributed by atoms with Gasteiger partial charge in [0.2, 0.25) is 0 Å². The van der Waals surface area contributed by atoms with Crippen LogP contribution < -0.4 is 0 Å². The SMILES string of the molecule is c1ccc(-c2cc(-c3ccccc3)cc(-n3c4ccccc4c4ccc5c(c6ccccc6n5-c5cc(-c6ccccc6)nc(-c6ccccc6)n5)c43)c2)cc1. The van der Waals surface area contributed by atoms with E-state index >= 15 is 0 Å². The summed E-state index contributed by atoms with van der Waals surface area (Å²) in [5, 5.41) is 4.77. The molecule has 0 fully saturated rings. The van der Waals surface area contributed by atoms with Crippen LogP contribution in [0.4, 0.5) is 0 Å². The number of fused-ring (bicyclic) bond motifs is 7. The lowest BCUT2D eigenvalue weighted by Crippen LogP contribution is -2.02. The maximum atomic E-state index is 5.31. The lowest BCUT2D eigenvalue weighted by atomic mass is 9.98. The van der Waals surface area contributed by atoms with Gasteiger partial charge in [0.05, 0.1) is 27.8 Å². The lowest BCUT2D eigenvalue weighted by molar-refractivity contribution is 1.05. The molecule has 0 spiro atoms. The van der Waals surface area contributed by atoms with Crippen LogP contribution in [-0.2, 0) is 0 Å². The highest BCUT2D eigenvalue weighted by atomic mass is 15.1. The molecule has 11 rings (SSSR count). The molecular weight excluding hydrogens is 681 g/mol. The van der Waals surface area contributed by atoms with E-state index in [2.05, 4.69) is 191 Å². The zero-order valence-electron chi connectivity index (χ0n) is 30.4. The fourth-order valence-electron chi connectivity index (χ4n) is 8.38. The average Bonchev–Trinajstić information content (AvgIpc) is 3.80. The van der Waals surface area contributed by atoms with Gasteiger partial charge in [-0.15, -0.1) is 0 Å². The molecule has 4 heteroatoms. The van der Waals surface area contributed by atoms with E-state index in [1.807, 2.05) is 24.3 Å². The van der Waals surface area contributed by atoms with E-state index in [1.165, 1.54) is 49.3 Å². The summed E-state index contributed by atoms with van der Waals surface area (Å²) in [5.74, 6) is 1.51. The van der Waals surface area contributed by atoms with Crippen LogP contribution in [0.25, 0.3) is 100 Å². The molecule has 3 aromatic heterocycles. The second-order valence-corrected chi connectivity index (χ2v) is 14.2. The van der Waals surface area contributed by atoms with Crippen molar-refractivity contribution in [1.82, 2.24) is 19.1 Å². The minimum Gasteiger partial charge on any atom is -0.308 e. The van der Waals surface area contributed by atoms with Gasteiger partial charge in [0, 0.05) is 44.4 Å². The maximum absolute atomic E-state index is 5.31. The van der Waals surface area contributed by atoms with Gasteiger partial charge in [-0.3, -0.25) is 4.57 Å². The molecule has 0 N–H and O–H groups in total. The van der Waals surface area contributed by atoms with E-state index < -0.39 is 0 Å². The summed E-state index contributed by atoms with van der Waals surface area (Å²) >= 11 is 0. The van der Waals surface area contributed by atoms with Gasteiger partial charge in [-0.2, -0.15) is 0 Å². The third-order valence-corrected chi connectivity index (χ3v) is 10.9. The molecule has 0 aliphatic carbocycles. The van der Waals surface area contributed by atoms with Gasteiger partial charge < -0.3 is 4.57 Å². The summed E-state index contributed by atoms with van der Waals surface area (Å²) in [6.07, 6.45) is 0. The van der Waals surface area contributed by atoms with Gasteiger partial charge in [-0.05, 0) is 58.7 Å². The van der Waals surface area contributed by atoms with Gasteiger partial charge in [0.15, 0.2) is 5.82 Å². The van der Waals surface area contributed by atoms with Crippen LogP contribution in [0.2, 0.25) is 0 Å². The highest BCUT2D eigenvalue weighted by Crippen LogP contribution is 2.43. The van der Waals surface area contributed by atoms with Crippen molar-refractivity contribution in [2.45, 2.75) is 0 Å². The standard InChI is InChI=1S/C52H34N4/c1-5-17-35(18-6-1)39-31-40(36-19-7-2-8-20-36)33-41(32-39)55-46-27-15-13-25-42(46)43-29-30-48-50(51(43)55)44-26-14-16-28-47(44)56(48)49-34-45(37-21-9-3-10-22-37)53-52(54-49)38-23-11-4-12-24-38/h1-34H. The first-order chi connectivity index (χ1) is 27.8. The minimum absolute atomic E-state index is 0.689. The van der Waals surface area contributed by atoms with Crippen LogP contribution in [0.5, 0.6) is 0 Å². The molecule has 11 aromatic rings. The van der Waals surface area contributed by atoms with Crippen LogP contribution >= 0.6 is 0 Å². The van der Waals surface area contributed by atoms with Crippen molar-refractivity contribution < 1.29 is 0 Å². The molecule has 3 heterocycles. The molecule has 0 aliphatic heterocycles. The Labute approximate surface area is 324 Å². The maximum Gasteiger partial charge on any atom is 0.162 e. The van der Waals surface area contributed by atoms with E-state index in [9.17, 15) is 0 Å². The molecule has 0 saturated carbocycles. The molecule has 0 radical (unpaired) electrons. The third-order valence-electron chi connectivity index (χ3n) is 10.9. The van der Waals surface area contributed by atoms with E-state index in [0.717, 1.165) is 44.9 Å². The molecular formula is C52H34N4. The lowest BCUT2D eigenvalue weighted by Gasteiger charge is -2.15. The molecule has 56 heavy (non-hydrogen) atoms. The molecule has 0 amide bonds. The van der Waals surface area contributed by atoms with Gasteiger partial charge in [-0.25, -0.2) is 9.97 Å². The number of aromatic nitrogens is 4. The zero-order valence-corrected chi connectivity index (χ0v) is 30.4. The minimum atomic E-state index is 0.689. The third kappa shape index (κ3) is 5.23. The van der Waals surface area contributed by atoms with Crippen molar-refractivity contribution in [3.63, 3.8) is 0 Å². The van der Waals surface area contributed by atoms with Crippen molar-refractivity contribution in [1.29, 1.82) is 0 Å². The number of hydrogen-bond acceptors (Lipinski definition) is 2. The summed E-state index contributed by atoms with van der Waals surface area (Å²) in [5.41, 5.74) is 13.2. The van der Waals surface area contributed by atoms with E-state index in [0.29, 0.717) is 5.82 Å². The summed E-state index contributed by atoms with van der Waals surface area (Å²) in [6.45, 7) is 0. The van der Waals surface area contributed by atoms with E-state index in [4.69, 9.17) is 9.97 Å². The number of para-hydroxylation sites is 2. The Morgan fingerprint density at radius 3 is 1.46 bits per heavy atom. The van der Waals surface area contributed by atoms with Gasteiger partial charge in [0.1, 0.15) is 5.82 Å². The molecule has 0 atom stereocenters. The molecule has 0 aliphatic rings. The molecule has 0 bridgehead atoms. The van der Waals surface area contributed by atoms with Crippen molar-refractivity contribution in [3.05, 3.63) is 206 Å². The number of rotatable bonds is 6. The van der Waals surface area contributed by atoms with E-state index in [1.54, 1.807) is 0 Å². The van der Waals surface area contributed by atoms with Crippen molar-refractivity contribution >= 4 is 43.6 Å². The Kier molecular flexibility index (Phi) is 7.46. The van der Waals surface area contributed by atoms with Gasteiger partial charge in [-0.1, -0.05) is 164 Å². The van der Waals surface area contributed by atoms with Crippen LogP contribution in [0, 0.1) is 0 Å². The number of hydrogen-bond donors (Lipinski definition) is 0. The quantitative estimate of drug-likeness (QED) is 0.172. The second kappa shape index (κ2) is 13.1. The summed E-state index contributed by atoms with van der Waals surface area (Å²) in [4.78, 5) is 10.4. The smallest absolute Gasteiger partial charge is 0.162 e. The van der Waals surface area contributed by atoms with Crippen LogP contribution in [0.1, 0.15) is 0 Å². The monoisotopic (exact) mass is 714 g/mol. The largest absolute Gasteiger partial charge is 0.308 e. The Hall–Kier alpha value is -7.56. The summed E-state index contributed by atoms with van der Waals surface area (Å²) in [7, 11) is 0. The topological polar surface area (TPSA) is 35.6 Å². The van der Waals surface area contributed by atoms with Crippen molar-refractivity contribution in [2.24, 2.45) is 0 Å². The predicted molar refractivity (Wildman–Crippen MR) is 232 cm³/mol. The highest BCUT2D eigenvalue weighted by molar-refractivity contribution is 6.26. The predicted octanol–water partition coefficient (Wildman–Crippen LogP) is 13.3. The van der Waals surface area contributed by atoms with Crippen molar-refractivity contribution in [2.75, 3.05) is 0 Å². The number of nitrogens with zero attached hydrogens (tertiary/aromatic N) is 4. The Morgan fingerprint density at radius 2 is 0.839 bits per heavy atom. The van der Waals surface area contributed by atoms with E-state index in [-0.39, 0.29) is 0 Å². The number of benzene rings is 8. The normalized spacial score (nSPS) is 11.6. The zero-order chi connectivity index (χ0) is 37.0. The van der Waals surface area contributed by atoms with Crippen molar-refractivity contribution in [3.8, 4) is 56.4 Å². The molecule has 0 saturated heterocycles. The molecule has 4 nitrogen and oxygen atoms in total. The molecule has 0 unspecified atom stereocenters. The first-order valence-corrected chi connectivity index (χ1v) is 19.0. The first kappa shape index (κ1) is 31.9. The fraction of sp³-hybridized carbons (Fsp3) is 0. The first-order valence-electron chi connectivity index (χ1n) is 19.0. The average molecular weight is 715 g/mol. The van der Waals surface area contributed by atoms with Crippen LogP contribution in [0.3, 0.4) is 0 Å². The Morgan fingerprint density at radius 1 is 0.321 bits per heavy atom. The fourth-order valence-corrected chi connectivity index (χ4v) is 8.38. The Balaban J connectivity index is 1.25. The van der Waals surface area contributed by atoms with Crippen LogP contribution in [-0.4, -0.2) is 19.1 Å².